The minimum absolute atomic E-state index is 0.260. The van der Waals surface area contributed by atoms with Crippen LogP contribution in [0, 0.1) is 0 Å². The summed E-state index contributed by atoms with van der Waals surface area (Å²) in [5.41, 5.74) is 0.427. The summed E-state index contributed by atoms with van der Waals surface area (Å²) in [6.45, 7) is 0.310. The van der Waals surface area contributed by atoms with Crippen LogP contribution < -0.4 is 10.1 Å². The lowest BCUT2D eigenvalue weighted by Crippen LogP contribution is -2.29. The number of hydrogen-bond acceptors (Lipinski definition) is 5. The number of anilines is 1. The molecule has 2 aromatic rings. The summed E-state index contributed by atoms with van der Waals surface area (Å²) in [6, 6.07) is 12.0. The molecule has 0 fully saturated rings. The van der Waals surface area contributed by atoms with Gasteiger partial charge in [-0.05, 0) is 24.3 Å². The highest BCUT2D eigenvalue weighted by atomic mass is 16.6. The molecule has 1 aromatic carbocycles. The van der Waals surface area contributed by atoms with Crippen LogP contribution in [-0.2, 0) is 4.74 Å². The Hall–Kier alpha value is -2.89. The Morgan fingerprint density at radius 3 is 2.86 bits per heavy atom. The van der Waals surface area contributed by atoms with Crippen LogP contribution in [0.2, 0.25) is 0 Å². The Balaban J connectivity index is 1.70. The summed E-state index contributed by atoms with van der Waals surface area (Å²) < 4.78 is 10.7. The van der Waals surface area contributed by atoms with Gasteiger partial charge in [0, 0.05) is 12.6 Å². The lowest BCUT2D eigenvalue weighted by Gasteiger charge is -2.14. The molecule has 0 saturated carbocycles. The number of para-hydroxylation sites is 1. The third-order valence-electron chi connectivity index (χ3n) is 3.23. The maximum atomic E-state index is 12.4. The van der Waals surface area contributed by atoms with Crippen LogP contribution in [0.1, 0.15) is 16.8 Å². The normalized spacial score (nSPS) is 16.9. The fourth-order valence-electron chi connectivity index (χ4n) is 2.19. The summed E-state index contributed by atoms with van der Waals surface area (Å²) in [7, 11) is 0. The third kappa shape index (κ3) is 3.06. The highest BCUT2D eigenvalue weighted by Crippen LogP contribution is 2.25. The first-order chi connectivity index (χ1) is 10.7. The molecule has 1 unspecified atom stereocenters. The largest absolute Gasteiger partial charge is 0.493 e. The molecule has 6 heteroatoms. The first kappa shape index (κ1) is 14.1. The van der Waals surface area contributed by atoms with E-state index in [2.05, 4.69) is 10.3 Å². The Morgan fingerprint density at radius 1 is 1.23 bits per heavy atom. The fourth-order valence-corrected chi connectivity index (χ4v) is 2.19. The topological polar surface area (TPSA) is 77.5 Å². The van der Waals surface area contributed by atoms with Crippen molar-refractivity contribution in [1.82, 2.24) is 4.98 Å². The SMILES string of the molecule is O=C(Nc1ccccn1)OC1CCOc2ccccc2C1=O. The Bertz CT molecular complexity index is 688. The van der Waals surface area contributed by atoms with Crippen molar-refractivity contribution in [1.29, 1.82) is 0 Å². The molecule has 1 aromatic heterocycles. The number of benzene rings is 1. The van der Waals surface area contributed by atoms with Gasteiger partial charge in [-0.1, -0.05) is 18.2 Å². The molecule has 112 valence electrons. The van der Waals surface area contributed by atoms with Crippen molar-refractivity contribution in [3.8, 4) is 5.75 Å². The number of fused-ring (bicyclic) bond motifs is 1. The van der Waals surface area contributed by atoms with Crippen molar-refractivity contribution >= 4 is 17.7 Å². The van der Waals surface area contributed by atoms with Crippen molar-refractivity contribution in [3.63, 3.8) is 0 Å². The Kier molecular flexibility index (Phi) is 4.00. The molecular weight excluding hydrogens is 284 g/mol. The molecule has 0 saturated heterocycles. The van der Waals surface area contributed by atoms with E-state index >= 15 is 0 Å². The second-order valence-electron chi connectivity index (χ2n) is 4.73. The van der Waals surface area contributed by atoms with E-state index in [4.69, 9.17) is 9.47 Å². The zero-order valence-electron chi connectivity index (χ0n) is 11.7. The number of amides is 1. The molecule has 0 radical (unpaired) electrons. The van der Waals surface area contributed by atoms with Crippen molar-refractivity contribution in [2.24, 2.45) is 0 Å². The molecule has 1 amide bonds. The monoisotopic (exact) mass is 298 g/mol. The first-order valence-corrected chi connectivity index (χ1v) is 6.89. The lowest BCUT2D eigenvalue weighted by molar-refractivity contribution is 0.0638. The fraction of sp³-hybridized carbons (Fsp3) is 0.188. The van der Waals surface area contributed by atoms with E-state index in [1.165, 1.54) is 0 Å². The second-order valence-corrected chi connectivity index (χ2v) is 4.73. The van der Waals surface area contributed by atoms with Gasteiger partial charge in [-0.3, -0.25) is 10.1 Å². The predicted molar refractivity (Wildman–Crippen MR) is 79.0 cm³/mol. The zero-order chi connectivity index (χ0) is 15.4. The highest BCUT2D eigenvalue weighted by Gasteiger charge is 2.29. The number of hydrogen-bond donors (Lipinski definition) is 1. The van der Waals surface area contributed by atoms with Gasteiger partial charge < -0.3 is 9.47 Å². The summed E-state index contributed by atoms with van der Waals surface area (Å²) in [4.78, 5) is 28.3. The van der Waals surface area contributed by atoms with Gasteiger partial charge in [-0.15, -0.1) is 0 Å². The third-order valence-corrected chi connectivity index (χ3v) is 3.23. The van der Waals surface area contributed by atoms with E-state index in [-0.39, 0.29) is 5.78 Å². The van der Waals surface area contributed by atoms with Crippen LogP contribution in [0.15, 0.2) is 48.7 Å². The molecule has 3 rings (SSSR count). The molecule has 0 bridgehead atoms. The molecule has 0 aliphatic carbocycles. The van der Waals surface area contributed by atoms with E-state index < -0.39 is 12.2 Å². The summed E-state index contributed by atoms with van der Waals surface area (Å²) in [5.74, 6) is 0.623. The number of ether oxygens (including phenoxy) is 2. The van der Waals surface area contributed by atoms with E-state index in [9.17, 15) is 9.59 Å². The first-order valence-electron chi connectivity index (χ1n) is 6.89. The van der Waals surface area contributed by atoms with Crippen molar-refractivity contribution in [3.05, 3.63) is 54.2 Å². The lowest BCUT2D eigenvalue weighted by atomic mass is 10.0. The molecule has 0 spiro atoms. The highest BCUT2D eigenvalue weighted by molar-refractivity contribution is 6.03. The van der Waals surface area contributed by atoms with Crippen LogP contribution >= 0.6 is 0 Å². The molecule has 1 aliphatic rings. The molecule has 22 heavy (non-hydrogen) atoms. The van der Waals surface area contributed by atoms with Crippen molar-refractivity contribution in [2.75, 3.05) is 11.9 Å². The van der Waals surface area contributed by atoms with Gasteiger partial charge in [0.05, 0.1) is 12.2 Å². The number of ketones is 1. The Labute approximate surface area is 127 Å². The number of nitrogens with one attached hydrogen (secondary N) is 1. The molecule has 1 aliphatic heterocycles. The number of nitrogens with zero attached hydrogens (tertiary/aromatic N) is 1. The number of aromatic nitrogens is 1. The van der Waals surface area contributed by atoms with Gasteiger partial charge >= 0.3 is 6.09 Å². The zero-order valence-corrected chi connectivity index (χ0v) is 11.7. The van der Waals surface area contributed by atoms with Gasteiger partial charge in [0.25, 0.3) is 0 Å². The van der Waals surface area contributed by atoms with Crippen LogP contribution in [0.3, 0.4) is 0 Å². The molecule has 1 N–H and O–H groups in total. The average Bonchev–Trinajstić information content (AvgIpc) is 2.69. The second kappa shape index (κ2) is 6.26. The average molecular weight is 298 g/mol. The van der Waals surface area contributed by atoms with E-state index in [0.717, 1.165) is 0 Å². The number of rotatable bonds is 2. The minimum Gasteiger partial charge on any atom is -0.493 e. The predicted octanol–water partition coefficient (Wildman–Crippen LogP) is 2.66. The number of pyridine rings is 1. The van der Waals surface area contributed by atoms with Crippen LogP contribution in [0.4, 0.5) is 10.6 Å². The summed E-state index contributed by atoms with van der Waals surface area (Å²) >= 11 is 0. The molecular formula is C16H14N2O4. The van der Waals surface area contributed by atoms with Crippen molar-refractivity contribution < 1.29 is 19.1 Å². The quantitative estimate of drug-likeness (QED) is 0.922. The van der Waals surface area contributed by atoms with Crippen LogP contribution in [0.5, 0.6) is 5.75 Å². The number of Topliss-reactive ketones (excluding diaryl/α,β-unsaturated/α-hetero) is 1. The number of carbonyl (C=O) groups excluding carboxylic acids is 2. The maximum Gasteiger partial charge on any atom is 0.413 e. The molecule has 2 heterocycles. The van der Waals surface area contributed by atoms with E-state index in [1.54, 1.807) is 48.7 Å². The standard InChI is InChI=1S/C16H14N2O4/c19-15-11-5-1-2-6-12(11)21-10-8-13(15)22-16(20)18-14-7-3-4-9-17-14/h1-7,9,13H,8,10H2,(H,17,18,20). The van der Waals surface area contributed by atoms with Gasteiger partial charge in [0.1, 0.15) is 11.6 Å². The van der Waals surface area contributed by atoms with Crippen LogP contribution in [0.25, 0.3) is 0 Å². The van der Waals surface area contributed by atoms with Crippen LogP contribution in [-0.4, -0.2) is 29.6 Å². The van der Waals surface area contributed by atoms with Gasteiger partial charge in [0.15, 0.2) is 6.10 Å². The van der Waals surface area contributed by atoms with E-state index in [1.807, 2.05) is 0 Å². The maximum absolute atomic E-state index is 12.4. The van der Waals surface area contributed by atoms with Crippen molar-refractivity contribution in [2.45, 2.75) is 12.5 Å². The number of carbonyl (C=O) groups is 2. The Morgan fingerprint density at radius 2 is 2.05 bits per heavy atom. The smallest absolute Gasteiger partial charge is 0.413 e. The van der Waals surface area contributed by atoms with Gasteiger partial charge in [-0.25, -0.2) is 9.78 Å². The molecule has 6 nitrogen and oxygen atoms in total. The van der Waals surface area contributed by atoms with Gasteiger partial charge in [0.2, 0.25) is 5.78 Å². The molecule has 1 atom stereocenters. The van der Waals surface area contributed by atoms with E-state index in [0.29, 0.717) is 30.2 Å². The van der Waals surface area contributed by atoms with Gasteiger partial charge in [-0.2, -0.15) is 0 Å². The summed E-state index contributed by atoms with van der Waals surface area (Å²) in [6.07, 6.45) is 0.281. The summed E-state index contributed by atoms with van der Waals surface area (Å²) in [5, 5.41) is 2.49. The minimum atomic E-state index is -0.868.